The van der Waals surface area contributed by atoms with Gasteiger partial charge in [0.15, 0.2) is 0 Å². The number of benzene rings is 2. The van der Waals surface area contributed by atoms with Gasteiger partial charge in [-0.15, -0.1) is 0 Å². The van der Waals surface area contributed by atoms with Crippen LogP contribution in [0.15, 0.2) is 67.0 Å². The molecule has 0 aliphatic carbocycles. The van der Waals surface area contributed by atoms with Gasteiger partial charge in [0.1, 0.15) is 13.1 Å². The third-order valence-electron chi connectivity index (χ3n) is 5.83. The van der Waals surface area contributed by atoms with Crippen LogP contribution in [-0.2, 0) is 6.54 Å². The number of likely N-dealkylation sites (N-methyl/N-ethyl adjacent to an activating group) is 1. The Morgan fingerprint density at radius 2 is 1.90 bits per heavy atom. The molecular formula is C25H22N4O2. The van der Waals surface area contributed by atoms with Crippen molar-refractivity contribution in [3.63, 3.8) is 0 Å². The van der Waals surface area contributed by atoms with Gasteiger partial charge in [0.2, 0.25) is 0 Å². The number of rotatable bonds is 4. The molecule has 0 saturated heterocycles. The molecular weight excluding hydrogens is 388 g/mol. The second-order valence-electron chi connectivity index (χ2n) is 7.80. The summed E-state index contributed by atoms with van der Waals surface area (Å²) in [5.74, 6) is -1.15. The predicted molar refractivity (Wildman–Crippen MR) is 118 cm³/mol. The Bertz CT molecular complexity index is 1310. The number of para-hydroxylation sites is 2. The van der Waals surface area contributed by atoms with Crippen LogP contribution in [0.1, 0.15) is 34.1 Å². The molecule has 5 rings (SSSR count). The van der Waals surface area contributed by atoms with E-state index in [9.17, 15) is 9.90 Å². The van der Waals surface area contributed by atoms with Crippen molar-refractivity contribution in [1.82, 2.24) is 14.8 Å². The summed E-state index contributed by atoms with van der Waals surface area (Å²) >= 11 is 0. The van der Waals surface area contributed by atoms with E-state index in [4.69, 9.17) is 4.98 Å². The number of quaternary nitrogens is 1. The van der Waals surface area contributed by atoms with E-state index in [1.807, 2.05) is 65.6 Å². The minimum Gasteiger partial charge on any atom is -0.545 e. The number of carbonyl (C=O) groups excluding carboxylic acids is 1. The lowest BCUT2D eigenvalue weighted by Crippen LogP contribution is -3.11. The fourth-order valence-corrected chi connectivity index (χ4v) is 4.29. The Balaban J connectivity index is 1.66. The average molecular weight is 410 g/mol. The Hall–Kier alpha value is -3.77. The van der Waals surface area contributed by atoms with Crippen LogP contribution in [0.5, 0.6) is 0 Å². The van der Waals surface area contributed by atoms with Gasteiger partial charge in [-0.2, -0.15) is 5.10 Å². The zero-order valence-corrected chi connectivity index (χ0v) is 17.2. The molecule has 0 saturated carbocycles. The van der Waals surface area contributed by atoms with Gasteiger partial charge in [-0.25, -0.2) is 9.67 Å². The number of nitrogens with one attached hydrogen (secondary N) is 1. The predicted octanol–water partition coefficient (Wildman–Crippen LogP) is 1.74. The third-order valence-corrected chi connectivity index (χ3v) is 5.83. The fraction of sp³-hybridized carbons (Fsp3) is 0.160. The van der Waals surface area contributed by atoms with E-state index in [1.165, 1.54) is 4.90 Å². The van der Waals surface area contributed by atoms with Gasteiger partial charge in [0.05, 0.1) is 35.6 Å². The molecule has 0 radical (unpaired) electrons. The molecule has 6 nitrogen and oxygen atoms in total. The summed E-state index contributed by atoms with van der Waals surface area (Å²) in [6.07, 6.45) is 5.87. The van der Waals surface area contributed by atoms with Crippen molar-refractivity contribution in [2.75, 3.05) is 13.1 Å². The molecule has 4 aromatic rings. The molecule has 1 atom stereocenters. The van der Waals surface area contributed by atoms with E-state index in [2.05, 4.69) is 18.1 Å². The first-order chi connectivity index (χ1) is 15.1. The van der Waals surface area contributed by atoms with E-state index in [0.717, 1.165) is 41.2 Å². The Morgan fingerprint density at radius 3 is 2.68 bits per heavy atom. The van der Waals surface area contributed by atoms with Crippen molar-refractivity contribution in [3.05, 3.63) is 89.4 Å². The van der Waals surface area contributed by atoms with Gasteiger partial charge < -0.3 is 14.8 Å². The third kappa shape index (κ3) is 3.51. The minimum absolute atomic E-state index is 0.261. The summed E-state index contributed by atoms with van der Waals surface area (Å²) in [7, 11) is 0. The lowest BCUT2D eigenvalue weighted by Gasteiger charge is -2.29. The molecule has 6 heteroatoms. The van der Waals surface area contributed by atoms with E-state index in [0.29, 0.717) is 17.4 Å². The number of aromatic nitrogens is 3. The van der Waals surface area contributed by atoms with Crippen molar-refractivity contribution < 1.29 is 14.8 Å². The van der Waals surface area contributed by atoms with Crippen LogP contribution < -0.4 is 10.0 Å². The molecule has 0 amide bonds. The summed E-state index contributed by atoms with van der Waals surface area (Å²) in [5, 5.41) is 17.2. The second-order valence-corrected chi connectivity index (χ2v) is 7.80. The second kappa shape index (κ2) is 7.81. The van der Waals surface area contributed by atoms with E-state index in [-0.39, 0.29) is 5.56 Å². The van der Waals surface area contributed by atoms with Gasteiger partial charge in [-0.1, -0.05) is 36.4 Å². The van der Waals surface area contributed by atoms with Crippen LogP contribution in [0.25, 0.3) is 28.2 Å². The van der Waals surface area contributed by atoms with Crippen molar-refractivity contribution in [2.24, 2.45) is 0 Å². The zero-order valence-electron chi connectivity index (χ0n) is 17.2. The molecule has 1 unspecified atom stereocenters. The number of pyridine rings is 1. The molecule has 154 valence electrons. The van der Waals surface area contributed by atoms with Gasteiger partial charge >= 0.3 is 0 Å². The van der Waals surface area contributed by atoms with Crippen LogP contribution in [0.4, 0.5) is 0 Å². The Morgan fingerprint density at radius 1 is 1.13 bits per heavy atom. The lowest BCUT2D eigenvalue weighted by molar-refractivity contribution is -0.905. The highest BCUT2D eigenvalue weighted by atomic mass is 16.4. The molecule has 2 aromatic heterocycles. The van der Waals surface area contributed by atoms with Crippen molar-refractivity contribution in [3.8, 4) is 5.69 Å². The minimum atomic E-state index is -1.15. The first kappa shape index (κ1) is 19.2. The number of hydrogen-bond acceptors (Lipinski definition) is 4. The van der Waals surface area contributed by atoms with Crippen LogP contribution >= 0.6 is 0 Å². The van der Waals surface area contributed by atoms with Crippen molar-refractivity contribution >= 4 is 28.5 Å². The standard InChI is InChI=1S/C25H22N4O2/c1-2-28-15-18(12-17-13-26-29(14-17)19-8-4-3-5-9-19)24-21(16-28)23(25(30)31)20-10-6-7-11-22(20)27-24/h3-14H,2,15-16H2,1H3,(H,30,31)/b18-12-. The molecule has 1 N–H and O–H groups in total. The SMILES string of the molecule is CC[NH+]1C/C(=C/c2cnn(-c3ccccc3)c2)c2nc3ccccc3c(C(=O)[O-])c2C1. The monoisotopic (exact) mass is 410 g/mol. The summed E-state index contributed by atoms with van der Waals surface area (Å²) < 4.78 is 1.83. The largest absolute Gasteiger partial charge is 0.545 e. The van der Waals surface area contributed by atoms with Crippen LogP contribution in [0.2, 0.25) is 0 Å². The van der Waals surface area contributed by atoms with E-state index < -0.39 is 5.97 Å². The van der Waals surface area contributed by atoms with Gasteiger partial charge in [0, 0.05) is 33.8 Å². The average Bonchev–Trinajstić information content (AvgIpc) is 3.26. The maximum absolute atomic E-state index is 12.1. The van der Waals surface area contributed by atoms with Gasteiger partial charge in [-0.3, -0.25) is 0 Å². The van der Waals surface area contributed by atoms with Crippen LogP contribution in [-0.4, -0.2) is 33.8 Å². The molecule has 0 fully saturated rings. The molecule has 2 aromatic carbocycles. The van der Waals surface area contributed by atoms with E-state index >= 15 is 0 Å². The summed E-state index contributed by atoms with van der Waals surface area (Å²) in [6.45, 7) is 4.39. The van der Waals surface area contributed by atoms with Crippen LogP contribution in [0.3, 0.4) is 0 Å². The Labute approximate surface area is 180 Å². The number of aromatic carboxylic acids is 1. The molecule has 31 heavy (non-hydrogen) atoms. The lowest BCUT2D eigenvalue weighted by atomic mass is 9.92. The summed E-state index contributed by atoms with van der Waals surface area (Å²) in [4.78, 5) is 18.3. The summed E-state index contributed by atoms with van der Waals surface area (Å²) in [6, 6.07) is 17.3. The first-order valence-corrected chi connectivity index (χ1v) is 10.4. The van der Waals surface area contributed by atoms with Crippen molar-refractivity contribution in [2.45, 2.75) is 13.5 Å². The number of hydrogen-bond donors (Lipinski definition) is 1. The maximum atomic E-state index is 12.1. The molecule has 3 heterocycles. The molecule has 0 spiro atoms. The maximum Gasteiger partial charge on any atom is 0.106 e. The normalized spacial score (nSPS) is 17.1. The van der Waals surface area contributed by atoms with Gasteiger partial charge in [0.25, 0.3) is 0 Å². The highest BCUT2D eigenvalue weighted by Gasteiger charge is 2.28. The Kier molecular flexibility index (Phi) is 4.84. The molecule has 1 aliphatic heterocycles. The van der Waals surface area contributed by atoms with Gasteiger partial charge in [-0.05, 0) is 31.2 Å². The number of carbonyl (C=O) groups is 1. The van der Waals surface area contributed by atoms with Crippen LogP contribution in [0, 0.1) is 0 Å². The number of nitrogens with zero attached hydrogens (tertiary/aromatic N) is 3. The van der Waals surface area contributed by atoms with Crippen molar-refractivity contribution in [1.29, 1.82) is 0 Å². The first-order valence-electron chi connectivity index (χ1n) is 10.4. The van der Waals surface area contributed by atoms with E-state index in [1.54, 1.807) is 6.07 Å². The number of carboxylic acids is 1. The highest BCUT2D eigenvalue weighted by molar-refractivity contribution is 6.05. The smallest absolute Gasteiger partial charge is 0.106 e. The topological polar surface area (TPSA) is 75.3 Å². The summed E-state index contributed by atoms with van der Waals surface area (Å²) in [5.41, 5.74) is 5.39. The quantitative estimate of drug-likeness (QED) is 0.556. The highest BCUT2D eigenvalue weighted by Crippen LogP contribution is 2.29. The number of fused-ring (bicyclic) bond motifs is 2. The molecule has 1 aliphatic rings. The molecule has 0 bridgehead atoms. The zero-order chi connectivity index (χ0) is 21.4. The number of carboxylic acid groups (broad SMARTS) is 1. The fourth-order valence-electron chi connectivity index (χ4n) is 4.29.